The molecule has 10 heavy (non-hydrogen) atoms. The molecule has 0 saturated carbocycles. The van der Waals surface area contributed by atoms with Crippen molar-refractivity contribution in [2.45, 2.75) is 6.92 Å². The molecule has 3 nitrogen and oxygen atoms in total. The second kappa shape index (κ2) is 2.43. The number of aromatic nitrogens is 2. The van der Waals surface area contributed by atoms with Crippen molar-refractivity contribution in [3.63, 3.8) is 0 Å². The van der Waals surface area contributed by atoms with Crippen molar-refractivity contribution in [1.29, 1.82) is 5.26 Å². The largest absolute Gasteiger partial charge is 0.322 e. The van der Waals surface area contributed by atoms with E-state index in [1.807, 2.05) is 20.0 Å². The van der Waals surface area contributed by atoms with Gasteiger partial charge in [0.2, 0.25) is 0 Å². The molecule has 0 bridgehead atoms. The average Bonchev–Trinajstić information content (AvgIpc) is 2.09. The van der Waals surface area contributed by atoms with Crippen LogP contribution >= 0.6 is 15.9 Å². The van der Waals surface area contributed by atoms with Gasteiger partial charge in [0.15, 0.2) is 5.69 Å². The van der Waals surface area contributed by atoms with E-state index in [4.69, 9.17) is 5.26 Å². The maximum Gasteiger partial charge on any atom is 0.154 e. The molecule has 0 amide bonds. The Balaban J connectivity index is 3.37. The summed E-state index contributed by atoms with van der Waals surface area (Å²) in [6.45, 7) is 1.85. The van der Waals surface area contributed by atoms with Crippen LogP contribution in [0.5, 0.6) is 0 Å². The zero-order valence-electron chi connectivity index (χ0n) is 5.72. The van der Waals surface area contributed by atoms with Gasteiger partial charge in [0.25, 0.3) is 0 Å². The minimum atomic E-state index is 0.567. The molecule has 52 valence electrons. The summed E-state index contributed by atoms with van der Waals surface area (Å²) >= 11 is 3.17. The van der Waals surface area contributed by atoms with E-state index in [0.717, 1.165) is 5.82 Å². The van der Waals surface area contributed by atoms with Crippen LogP contribution in [0.4, 0.5) is 0 Å². The summed E-state index contributed by atoms with van der Waals surface area (Å²) in [5, 5.41) is 8.57. The average molecular weight is 200 g/mol. The molecule has 1 heterocycles. The van der Waals surface area contributed by atoms with Crippen molar-refractivity contribution in [3.8, 4) is 6.07 Å². The Bertz CT molecular complexity index is 295. The highest BCUT2D eigenvalue weighted by molar-refractivity contribution is 9.10. The molecule has 0 atom stereocenters. The normalized spacial score (nSPS) is 9.40. The van der Waals surface area contributed by atoms with E-state index in [1.54, 1.807) is 4.57 Å². The fraction of sp³-hybridized carbons (Fsp3) is 0.333. The van der Waals surface area contributed by atoms with Gasteiger partial charge >= 0.3 is 0 Å². The zero-order valence-corrected chi connectivity index (χ0v) is 7.31. The smallest absolute Gasteiger partial charge is 0.154 e. The summed E-state index contributed by atoms with van der Waals surface area (Å²) in [6, 6.07) is 2.04. The molecule has 0 aliphatic carbocycles. The highest BCUT2D eigenvalue weighted by atomic mass is 79.9. The number of rotatable bonds is 0. The SMILES string of the molecule is Cc1nc(Br)c(C#N)n1C. The van der Waals surface area contributed by atoms with Crippen molar-refractivity contribution in [2.75, 3.05) is 0 Å². The Labute approximate surface area is 67.4 Å². The molecule has 0 aliphatic heterocycles. The number of imidazole rings is 1. The Morgan fingerprint density at radius 3 is 2.50 bits per heavy atom. The highest BCUT2D eigenvalue weighted by Gasteiger charge is 2.07. The standard InChI is InChI=1S/C6H6BrN3/c1-4-9-6(7)5(3-8)10(4)2/h1-2H3. The lowest BCUT2D eigenvalue weighted by molar-refractivity contribution is 0.845. The molecule has 1 aromatic rings. The maximum absolute atomic E-state index is 8.57. The van der Waals surface area contributed by atoms with Crippen LogP contribution in [-0.4, -0.2) is 9.55 Å². The van der Waals surface area contributed by atoms with Crippen molar-refractivity contribution >= 4 is 15.9 Å². The van der Waals surface area contributed by atoms with Crippen LogP contribution in [0, 0.1) is 18.3 Å². The predicted molar refractivity (Wildman–Crippen MR) is 40.4 cm³/mol. The van der Waals surface area contributed by atoms with Gasteiger partial charge in [-0.05, 0) is 22.9 Å². The second-order valence-electron chi connectivity index (χ2n) is 1.97. The van der Waals surface area contributed by atoms with Crippen LogP contribution in [0.25, 0.3) is 0 Å². The summed E-state index contributed by atoms with van der Waals surface area (Å²) in [6.07, 6.45) is 0. The fourth-order valence-electron chi connectivity index (χ4n) is 0.691. The van der Waals surface area contributed by atoms with E-state index in [1.165, 1.54) is 0 Å². The summed E-state index contributed by atoms with van der Waals surface area (Å²) in [5.74, 6) is 0.837. The van der Waals surface area contributed by atoms with Crippen LogP contribution in [0.15, 0.2) is 4.60 Å². The van der Waals surface area contributed by atoms with Gasteiger partial charge < -0.3 is 4.57 Å². The van der Waals surface area contributed by atoms with Crippen molar-refractivity contribution in [1.82, 2.24) is 9.55 Å². The third-order valence-corrected chi connectivity index (χ3v) is 1.93. The molecule has 4 heteroatoms. The molecule has 0 radical (unpaired) electrons. The van der Waals surface area contributed by atoms with E-state index in [0.29, 0.717) is 10.3 Å². The van der Waals surface area contributed by atoms with Crippen molar-refractivity contribution in [2.24, 2.45) is 7.05 Å². The Morgan fingerprint density at radius 2 is 2.30 bits per heavy atom. The van der Waals surface area contributed by atoms with Crippen LogP contribution in [0.2, 0.25) is 0 Å². The first-order valence-corrected chi connectivity index (χ1v) is 3.55. The first-order chi connectivity index (χ1) is 4.66. The first kappa shape index (κ1) is 7.29. The summed E-state index contributed by atoms with van der Waals surface area (Å²) < 4.78 is 2.36. The molecule has 0 N–H and O–H groups in total. The van der Waals surface area contributed by atoms with Crippen LogP contribution < -0.4 is 0 Å². The van der Waals surface area contributed by atoms with E-state index in [9.17, 15) is 0 Å². The number of halogens is 1. The van der Waals surface area contributed by atoms with Gasteiger partial charge in [-0.15, -0.1) is 0 Å². The van der Waals surface area contributed by atoms with Gasteiger partial charge in [-0.25, -0.2) is 4.98 Å². The summed E-state index contributed by atoms with van der Waals surface area (Å²) in [4.78, 5) is 4.04. The Hall–Kier alpha value is -0.820. The molecule has 0 aromatic carbocycles. The highest BCUT2D eigenvalue weighted by Crippen LogP contribution is 2.14. The number of nitriles is 1. The lowest BCUT2D eigenvalue weighted by atomic mass is 10.5. The predicted octanol–water partition coefficient (Wildman–Crippen LogP) is 1.36. The van der Waals surface area contributed by atoms with Crippen LogP contribution in [-0.2, 0) is 7.05 Å². The molecule has 1 rings (SSSR count). The van der Waals surface area contributed by atoms with E-state index >= 15 is 0 Å². The minimum absolute atomic E-state index is 0.567. The third-order valence-electron chi connectivity index (χ3n) is 1.38. The summed E-state index contributed by atoms with van der Waals surface area (Å²) in [5.41, 5.74) is 0.567. The van der Waals surface area contributed by atoms with Crippen LogP contribution in [0.3, 0.4) is 0 Å². The molecular formula is C6H6BrN3. The van der Waals surface area contributed by atoms with Gasteiger partial charge in [0, 0.05) is 7.05 Å². The quantitative estimate of drug-likeness (QED) is 0.634. The Morgan fingerprint density at radius 1 is 1.70 bits per heavy atom. The van der Waals surface area contributed by atoms with Gasteiger partial charge in [0.1, 0.15) is 16.5 Å². The van der Waals surface area contributed by atoms with Gasteiger partial charge in [-0.1, -0.05) is 0 Å². The number of hydrogen-bond acceptors (Lipinski definition) is 2. The molecule has 0 fully saturated rings. The zero-order chi connectivity index (χ0) is 7.72. The Kier molecular flexibility index (Phi) is 1.77. The lowest BCUT2D eigenvalue weighted by Crippen LogP contribution is -1.93. The number of hydrogen-bond donors (Lipinski definition) is 0. The van der Waals surface area contributed by atoms with Crippen molar-refractivity contribution < 1.29 is 0 Å². The lowest BCUT2D eigenvalue weighted by Gasteiger charge is -1.92. The molecule has 0 unspecified atom stereocenters. The van der Waals surface area contributed by atoms with E-state index in [2.05, 4.69) is 20.9 Å². The monoisotopic (exact) mass is 199 g/mol. The second-order valence-corrected chi connectivity index (χ2v) is 2.72. The van der Waals surface area contributed by atoms with Crippen LogP contribution in [0.1, 0.15) is 11.5 Å². The fourth-order valence-corrected chi connectivity index (χ4v) is 1.30. The first-order valence-electron chi connectivity index (χ1n) is 2.75. The molecule has 1 aromatic heterocycles. The van der Waals surface area contributed by atoms with E-state index < -0.39 is 0 Å². The molecular weight excluding hydrogens is 194 g/mol. The van der Waals surface area contributed by atoms with Gasteiger partial charge in [-0.3, -0.25) is 0 Å². The maximum atomic E-state index is 8.57. The topological polar surface area (TPSA) is 41.6 Å². The van der Waals surface area contributed by atoms with Crippen molar-refractivity contribution in [3.05, 3.63) is 16.1 Å². The molecule has 0 aliphatic rings. The number of nitrogens with zero attached hydrogens (tertiary/aromatic N) is 3. The third kappa shape index (κ3) is 0.929. The van der Waals surface area contributed by atoms with Gasteiger partial charge in [0.05, 0.1) is 0 Å². The van der Waals surface area contributed by atoms with Gasteiger partial charge in [-0.2, -0.15) is 5.26 Å². The molecule has 0 spiro atoms. The summed E-state index contributed by atoms with van der Waals surface area (Å²) in [7, 11) is 1.81. The molecule has 0 saturated heterocycles. The number of aryl methyl sites for hydroxylation is 1. The van der Waals surface area contributed by atoms with E-state index in [-0.39, 0.29) is 0 Å². The minimum Gasteiger partial charge on any atom is -0.322 e.